The molecule has 5 heterocycles. The lowest BCUT2D eigenvalue weighted by molar-refractivity contribution is -0.00365. The van der Waals surface area contributed by atoms with Crippen molar-refractivity contribution in [1.82, 2.24) is 29.9 Å². The Bertz CT molecular complexity index is 2190. The fourth-order valence-corrected chi connectivity index (χ4v) is 12.4. The number of carboxylic acids is 1. The number of rotatable bonds is 9. The molecule has 11 heteroatoms. The molecule has 1 aromatic carbocycles. The summed E-state index contributed by atoms with van der Waals surface area (Å²) in [5.41, 5.74) is 6.57. The Labute approximate surface area is 301 Å². The second-order valence-electron chi connectivity index (χ2n) is 16.4. The van der Waals surface area contributed by atoms with Crippen LogP contribution in [0, 0.1) is 42.4 Å². The number of hydrogen-bond acceptors (Lipinski definition) is 9. The number of pyridine rings is 1. The molecule has 6 atom stereocenters. The molecule has 1 spiro atoms. The number of carbonyl (C=O) groups is 1. The first-order valence-electron chi connectivity index (χ1n) is 18.8. The van der Waals surface area contributed by atoms with Gasteiger partial charge in [-0.3, -0.25) is 4.68 Å². The minimum atomic E-state index is -1.04. The molecule has 262 valence electrons. The smallest absolute Gasteiger partial charge is 0.355 e. The summed E-state index contributed by atoms with van der Waals surface area (Å²) in [6.07, 6.45) is 13.9. The number of aromatic carboxylic acids is 1. The maximum Gasteiger partial charge on any atom is 0.355 e. The van der Waals surface area contributed by atoms with Crippen LogP contribution < -0.4 is 10.2 Å². The average Bonchev–Trinajstić information content (AvgIpc) is 3.79. The second-order valence-corrected chi connectivity index (χ2v) is 17.4. The minimum Gasteiger partial charge on any atom is -0.476 e. The number of carboxylic acid groups (broad SMARTS) is 1. The molecule has 0 radical (unpaired) electrons. The van der Waals surface area contributed by atoms with E-state index in [1.165, 1.54) is 38.5 Å². The minimum absolute atomic E-state index is 0.0471. The number of nitrogens with zero attached hydrogens (tertiary/aromatic N) is 7. The molecule has 3 bridgehead atoms. The average molecular weight is 701 g/mol. The summed E-state index contributed by atoms with van der Waals surface area (Å²) in [5.74, 6) is 3.75. The summed E-state index contributed by atoms with van der Waals surface area (Å²) in [7, 11) is 0. The largest absolute Gasteiger partial charge is 0.476 e. The van der Waals surface area contributed by atoms with Crippen molar-refractivity contribution in [3.63, 3.8) is 0 Å². The molecule has 10 nitrogen and oxygen atoms in total. The number of benzene rings is 1. The highest BCUT2D eigenvalue weighted by molar-refractivity contribution is 7.22. The Morgan fingerprint density at radius 1 is 1.04 bits per heavy atom. The van der Waals surface area contributed by atoms with Gasteiger partial charge in [0.05, 0.1) is 16.4 Å². The second kappa shape index (κ2) is 11.3. The van der Waals surface area contributed by atoms with Crippen LogP contribution in [0.15, 0.2) is 42.6 Å². The number of aromatic nitrogens is 6. The number of fused-ring (bicyclic) bond motifs is 4. The lowest BCUT2D eigenvalue weighted by atomic mass is 9.55. The Morgan fingerprint density at radius 3 is 2.76 bits per heavy atom. The summed E-state index contributed by atoms with van der Waals surface area (Å²) < 4.78 is 3.29. The van der Waals surface area contributed by atoms with Crippen LogP contribution in [0.25, 0.3) is 21.3 Å². The molecule has 6 unspecified atom stereocenters. The van der Waals surface area contributed by atoms with Crippen LogP contribution in [-0.2, 0) is 13.0 Å². The molecule has 4 fully saturated rings. The van der Waals surface area contributed by atoms with Crippen LogP contribution in [0.2, 0.25) is 0 Å². The third-order valence-electron chi connectivity index (χ3n) is 13.6. The molecule has 0 amide bonds. The Balaban J connectivity index is 0.971. The molecule has 5 aromatic rings. The van der Waals surface area contributed by atoms with E-state index in [9.17, 15) is 9.90 Å². The molecule has 4 aliphatic carbocycles. The molecule has 2 N–H and O–H groups in total. The first kappa shape index (κ1) is 31.4. The molecule has 5 aliphatic rings. The van der Waals surface area contributed by atoms with Gasteiger partial charge in [0.1, 0.15) is 5.82 Å². The van der Waals surface area contributed by atoms with E-state index in [2.05, 4.69) is 46.8 Å². The van der Waals surface area contributed by atoms with Crippen molar-refractivity contribution in [2.75, 3.05) is 10.2 Å². The van der Waals surface area contributed by atoms with Gasteiger partial charge in [-0.2, -0.15) is 5.10 Å². The Hall–Kier alpha value is -4.38. The van der Waals surface area contributed by atoms with Crippen LogP contribution in [-0.4, -0.2) is 47.1 Å². The van der Waals surface area contributed by atoms with Crippen molar-refractivity contribution >= 4 is 50.1 Å². The van der Waals surface area contributed by atoms with Crippen molar-refractivity contribution < 1.29 is 9.90 Å². The van der Waals surface area contributed by atoms with Crippen molar-refractivity contribution in [2.45, 2.75) is 97.6 Å². The van der Waals surface area contributed by atoms with Gasteiger partial charge in [-0.15, -0.1) is 10.2 Å². The Morgan fingerprint density at radius 2 is 1.92 bits per heavy atom. The van der Waals surface area contributed by atoms with E-state index in [1.807, 2.05) is 36.5 Å². The van der Waals surface area contributed by atoms with Gasteiger partial charge in [0.2, 0.25) is 0 Å². The maximum absolute atomic E-state index is 12.9. The van der Waals surface area contributed by atoms with Crippen molar-refractivity contribution in [3.05, 3.63) is 65.1 Å². The van der Waals surface area contributed by atoms with E-state index in [4.69, 9.17) is 20.2 Å². The number of nitrogens with one attached hydrogen (secondary N) is 1. The fourth-order valence-electron chi connectivity index (χ4n) is 11.6. The molecule has 10 rings (SSSR count). The monoisotopic (exact) mass is 700 g/mol. The van der Waals surface area contributed by atoms with Gasteiger partial charge < -0.3 is 15.3 Å². The van der Waals surface area contributed by atoms with Gasteiger partial charge in [-0.05, 0) is 124 Å². The zero-order valence-electron chi connectivity index (χ0n) is 29.5. The van der Waals surface area contributed by atoms with E-state index in [0.717, 1.165) is 93.5 Å². The Kier molecular flexibility index (Phi) is 6.95. The number of hydrogen-bond donors (Lipinski definition) is 2. The normalized spacial score (nSPS) is 28.6. The third kappa shape index (κ3) is 4.72. The molecular weight excluding hydrogens is 657 g/mol. The highest BCUT2D eigenvalue weighted by atomic mass is 32.1. The van der Waals surface area contributed by atoms with E-state index < -0.39 is 5.97 Å². The van der Waals surface area contributed by atoms with E-state index in [0.29, 0.717) is 28.0 Å². The van der Waals surface area contributed by atoms with E-state index >= 15 is 0 Å². The summed E-state index contributed by atoms with van der Waals surface area (Å²) in [6, 6.07) is 12.1. The SMILES string of the molecule is CCCC1CCc2c(nnc(Nc3nc4ccccc4s3)c2C)N1c1ccc(-c2cnn(CC34CC5CC6CC(C3)C6(C5)C4)c2C)c(C(=O)O)n1. The zero-order chi connectivity index (χ0) is 34.6. The summed E-state index contributed by atoms with van der Waals surface area (Å²) in [6.45, 7) is 7.29. The van der Waals surface area contributed by atoms with Crippen LogP contribution in [0.3, 0.4) is 0 Å². The van der Waals surface area contributed by atoms with Crippen LogP contribution >= 0.6 is 11.3 Å². The van der Waals surface area contributed by atoms with Crippen LogP contribution in [0.5, 0.6) is 0 Å². The van der Waals surface area contributed by atoms with E-state index in [-0.39, 0.29) is 11.7 Å². The third-order valence-corrected chi connectivity index (χ3v) is 14.5. The molecule has 4 saturated carbocycles. The van der Waals surface area contributed by atoms with Crippen molar-refractivity contribution in [2.24, 2.45) is 28.6 Å². The summed E-state index contributed by atoms with van der Waals surface area (Å²) in [4.78, 5) is 24.7. The van der Waals surface area contributed by atoms with Gasteiger partial charge in [-0.1, -0.05) is 36.8 Å². The highest BCUT2D eigenvalue weighted by Gasteiger charge is 2.70. The first-order valence-corrected chi connectivity index (χ1v) is 19.6. The molecule has 51 heavy (non-hydrogen) atoms. The van der Waals surface area contributed by atoms with Crippen LogP contribution in [0.1, 0.15) is 92.0 Å². The summed E-state index contributed by atoms with van der Waals surface area (Å²) >= 11 is 1.59. The molecule has 1 aliphatic heterocycles. The fraction of sp³-hybridized carbons (Fsp3) is 0.500. The number of thiazole rings is 1. The summed E-state index contributed by atoms with van der Waals surface area (Å²) in [5, 5.41) is 29.1. The van der Waals surface area contributed by atoms with Gasteiger partial charge >= 0.3 is 5.97 Å². The molecular formula is C40H44N8O2S. The van der Waals surface area contributed by atoms with E-state index in [1.54, 1.807) is 11.3 Å². The quantitative estimate of drug-likeness (QED) is 0.155. The maximum atomic E-state index is 12.9. The predicted molar refractivity (Wildman–Crippen MR) is 199 cm³/mol. The van der Waals surface area contributed by atoms with Gasteiger partial charge in [0, 0.05) is 40.5 Å². The van der Waals surface area contributed by atoms with Gasteiger partial charge in [-0.25, -0.2) is 14.8 Å². The lowest BCUT2D eigenvalue weighted by Gasteiger charge is -2.49. The first-order chi connectivity index (χ1) is 24.7. The van der Waals surface area contributed by atoms with Crippen molar-refractivity contribution in [3.8, 4) is 11.1 Å². The number of para-hydroxylation sites is 1. The topological polar surface area (TPSA) is 122 Å². The number of anilines is 4. The zero-order valence-corrected chi connectivity index (χ0v) is 30.3. The highest BCUT2D eigenvalue weighted by Crippen LogP contribution is 2.79. The lowest BCUT2D eigenvalue weighted by Crippen LogP contribution is -2.42. The standard InChI is InChI=1S/C40H44N8O2S/c1-4-7-27-10-11-28-22(2)35(44-38-42-31-8-5-6-9-32(31)51-38)45-46-36(28)48(27)33-13-12-29(34(43-33)37(49)50)30-19-41-47(23(30)3)21-39-16-24-14-25-15-26(18-39)40(25,17-24)20-39/h5-6,8-9,12-13,19,24-27H,4,7,10-11,14-18,20-21H2,1-3H3,(H,49,50)(H,42,44,45). The van der Waals surface area contributed by atoms with Crippen LogP contribution in [0.4, 0.5) is 22.6 Å². The molecule has 0 saturated heterocycles. The predicted octanol–water partition coefficient (Wildman–Crippen LogP) is 8.87. The molecule has 4 aromatic heterocycles. The van der Waals surface area contributed by atoms with Crippen molar-refractivity contribution in [1.29, 1.82) is 0 Å². The van der Waals surface area contributed by atoms with Gasteiger partial charge in [0.15, 0.2) is 22.5 Å². The van der Waals surface area contributed by atoms with Gasteiger partial charge in [0.25, 0.3) is 0 Å².